The average Bonchev–Trinajstić information content (AvgIpc) is 2.52. The number of nitrogens with zero attached hydrogens (tertiary/aromatic N) is 2. The molecular weight excluding hydrogens is 346 g/mol. The summed E-state index contributed by atoms with van der Waals surface area (Å²) in [6, 6.07) is 5.69. The van der Waals surface area contributed by atoms with Crippen LogP contribution in [0.1, 0.15) is 24.2 Å². The van der Waals surface area contributed by atoms with Gasteiger partial charge < -0.3 is 15.8 Å². The van der Waals surface area contributed by atoms with Crippen LogP contribution < -0.4 is 20.9 Å². The number of nitrogen functional groups attached to an aromatic ring is 1. The highest BCUT2D eigenvalue weighted by atomic mass is 32.2. The van der Waals surface area contributed by atoms with Crippen molar-refractivity contribution in [2.75, 3.05) is 17.7 Å². The molecule has 0 bridgehead atoms. The summed E-state index contributed by atoms with van der Waals surface area (Å²) >= 11 is 0. The van der Waals surface area contributed by atoms with E-state index in [1.54, 1.807) is 0 Å². The van der Waals surface area contributed by atoms with Crippen LogP contribution in [0.5, 0.6) is 5.88 Å². The zero-order chi connectivity index (χ0) is 18.6. The molecule has 0 unspecified atom stereocenters. The molecule has 1 aromatic heterocycles. The number of hydrogen-bond acceptors (Lipinski definition) is 8. The van der Waals surface area contributed by atoms with Gasteiger partial charge in [0.1, 0.15) is 11.4 Å². The maximum absolute atomic E-state index is 11.3. The number of sulfonamides is 1. The highest BCUT2D eigenvalue weighted by Crippen LogP contribution is 2.24. The van der Waals surface area contributed by atoms with Crippen LogP contribution in [-0.2, 0) is 10.0 Å². The van der Waals surface area contributed by atoms with E-state index >= 15 is 0 Å². The van der Waals surface area contributed by atoms with Gasteiger partial charge >= 0.3 is 0 Å². The number of anilines is 3. The SMILES string of the molecule is CC(C)COc1nc(Nc2ccc(S(N)(=O)=O)cc2)nc(N)c1C=O. The summed E-state index contributed by atoms with van der Waals surface area (Å²) in [4.78, 5) is 19.3. The van der Waals surface area contributed by atoms with Gasteiger partial charge in [-0.1, -0.05) is 13.8 Å². The fourth-order valence-electron chi connectivity index (χ4n) is 1.84. The third kappa shape index (κ3) is 4.88. The Bertz CT molecular complexity index is 866. The van der Waals surface area contributed by atoms with E-state index < -0.39 is 10.0 Å². The number of aldehydes is 1. The number of carbonyl (C=O) groups excluding carboxylic acids is 1. The number of aromatic nitrogens is 2. The first-order valence-corrected chi connectivity index (χ1v) is 8.90. The molecule has 0 saturated heterocycles. The van der Waals surface area contributed by atoms with Crippen molar-refractivity contribution in [3.8, 4) is 5.88 Å². The number of benzene rings is 1. The molecule has 9 nitrogen and oxygen atoms in total. The predicted octanol–water partition coefficient (Wildman–Crippen LogP) is 1.30. The van der Waals surface area contributed by atoms with E-state index in [0.717, 1.165) is 0 Å². The normalized spacial score (nSPS) is 11.4. The fourth-order valence-corrected chi connectivity index (χ4v) is 2.36. The quantitative estimate of drug-likeness (QED) is 0.621. The van der Waals surface area contributed by atoms with Crippen molar-refractivity contribution in [3.05, 3.63) is 29.8 Å². The molecule has 0 fully saturated rings. The molecule has 1 aromatic carbocycles. The molecule has 1 heterocycles. The average molecular weight is 365 g/mol. The van der Waals surface area contributed by atoms with Gasteiger partial charge in [0.2, 0.25) is 21.9 Å². The van der Waals surface area contributed by atoms with Gasteiger partial charge in [0.05, 0.1) is 11.5 Å². The summed E-state index contributed by atoms with van der Waals surface area (Å²) in [7, 11) is -3.77. The number of hydrogen-bond donors (Lipinski definition) is 3. The third-order valence-corrected chi connectivity index (χ3v) is 3.98. The lowest BCUT2D eigenvalue weighted by Gasteiger charge is -2.13. The van der Waals surface area contributed by atoms with E-state index in [-0.39, 0.29) is 34.0 Å². The van der Waals surface area contributed by atoms with Crippen LogP contribution in [0, 0.1) is 5.92 Å². The molecule has 0 spiro atoms. The number of ether oxygens (including phenoxy) is 1. The van der Waals surface area contributed by atoms with Crippen LogP contribution in [-0.4, -0.2) is 31.3 Å². The van der Waals surface area contributed by atoms with E-state index in [2.05, 4.69) is 15.3 Å². The number of nitrogens with one attached hydrogen (secondary N) is 1. The summed E-state index contributed by atoms with van der Waals surface area (Å²) in [6.07, 6.45) is 0.537. The van der Waals surface area contributed by atoms with Crippen molar-refractivity contribution >= 4 is 33.8 Å². The zero-order valence-electron chi connectivity index (χ0n) is 13.8. The first-order valence-electron chi connectivity index (χ1n) is 7.36. The minimum atomic E-state index is -3.77. The number of rotatable bonds is 7. The lowest BCUT2D eigenvalue weighted by atomic mass is 10.2. The summed E-state index contributed by atoms with van der Waals surface area (Å²) in [5, 5.41) is 7.92. The van der Waals surface area contributed by atoms with Crippen molar-refractivity contribution in [3.63, 3.8) is 0 Å². The van der Waals surface area contributed by atoms with Gasteiger partial charge in [-0.3, -0.25) is 4.79 Å². The van der Waals surface area contributed by atoms with Gasteiger partial charge in [-0.05, 0) is 30.2 Å². The van der Waals surface area contributed by atoms with E-state index in [0.29, 0.717) is 18.6 Å². The Morgan fingerprint density at radius 1 is 1.24 bits per heavy atom. The van der Waals surface area contributed by atoms with Gasteiger partial charge in [-0.15, -0.1) is 0 Å². The summed E-state index contributed by atoms with van der Waals surface area (Å²) < 4.78 is 28.0. The molecule has 2 aromatic rings. The van der Waals surface area contributed by atoms with Gasteiger partial charge in [0.15, 0.2) is 6.29 Å². The molecule has 0 amide bonds. The van der Waals surface area contributed by atoms with E-state index in [1.165, 1.54) is 24.3 Å². The largest absolute Gasteiger partial charge is 0.477 e. The Hall–Kier alpha value is -2.72. The Kier molecular flexibility index (Phi) is 5.55. The third-order valence-electron chi connectivity index (χ3n) is 3.05. The second kappa shape index (κ2) is 7.45. The number of carbonyl (C=O) groups is 1. The Balaban J connectivity index is 2.28. The van der Waals surface area contributed by atoms with Crippen LogP contribution in [0.2, 0.25) is 0 Å². The fraction of sp³-hybridized carbons (Fsp3) is 0.267. The molecule has 5 N–H and O–H groups in total. The topological polar surface area (TPSA) is 150 Å². The van der Waals surface area contributed by atoms with Crippen molar-refractivity contribution in [1.29, 1.82) is 0 Å². The van der Waals surface area contributed by atoms with E-state index in [9.17, 15) is 13.2 Å². The minimum Gasteiger partial charge on any atom is -0.477 e. The molecule has 25 heavy (non-hydrogen) atoms. The summed E-state index contributed by atoms with van der Waals surface area (Å²) in [6.45, 7) is 4.27. The van der Waals surface area contributed by atoms with Crippen LogP contribution in [0.3, 0.4) is 0 Å². The minimum absolute atomic E-state index is 0.0178. The highest BCUT2D eigenvalue weighted by Gasteiger charge is 2.14. The maximum Gasteiger partial charge on any atom is 0.238 e. The molecule has 0 radical (unpaired) electrons. The molecular formula is C15H19N5O4S. The van der Waals surface area contributed by atoms with Crippen molar-refractivity contribution < 1.29 is 17.9 Å². The maximum atomic E-state index is 11.3. The van der Waals surface area contributed by atoms with Gasteiger partial charge in [-0.25, -0.2) is 13.6 Å². The van der Waals surface area contributed by atoms with Crippen molar-refractivity contribution in [2.45, 2.75) is 18.7 Å². The van der Waals surface area contributed by atoms with Crippen LogP contribution in [0.25, 0.3) is 0 Å². The molecule has 0 aliphatic carbocycles. The highest BCUT2D eigenvalue weighted by molar-refractivity contribution is 7.89. The van der Waals surface area contributed by atoms with Crippen molar-refractivity contribution in [1.82, 2.24) is 9.97 Å². The Morgan fingerprint density at radius 2 is 1.88 bits per heavy atom. The smallest absolute Gasteiger partial charge is 0.238 e. The van der Waals surface area contributed by atoms with Gasteiger partial charge in [0.25, 0.3) is 0 Å². The molecule has 0 saturated carbocycles. The van der Waals surface area contributed by atoms with Crippen LogP contribution in [0.4, 0.5) is 17.5 Å². The van der Waals surface area contributed by atoms with Crippen molar-refractivity contribution in [2.24, 2.45) is 11.1 Å². The molecule has 0 aliphatic heterocycles. The second-order valence-electron chi connectivity index (χ2n) is 5.67. The van der Waals surface area contributed by atoms with E-state index in [4.69, 9.17) is 15.6 Å². The predicted molar refractivity (Wildman–Crippen MR) is 93.3 cm³/mol. The Labute approximate surface area is 145 Å². The Morgan fingerprint density at radius 3 is 2.40 bits per heavy atom. The van der Waals surface area contributed by atoms with Crippen LogP contribution >= 0.6 is 0 Å². The molecule has 2 rings (SSSR count). The molecule has 0 aliphatic rings. The standard InChI is InChI=1S/C15H19N5O4S/c1-9(2)8-24-14-12(7-21)13(16)19-15(20-14)18-10-3-5-11(6-4-10)25(17,22)23/h3-7,9H,8H2,1-2H3,(H2,17,22,23)(H3,16,18,19,20). The van der Waals surface area contributed by atoms with Crippen LogP contribution in [0.15, 0.2) is 29.2 Å². The number of nitrogens with two attached hydrogens (primary N) is 2. The zero-order valence-corrected chi connectivity index (χ0v) is 14.6. The lowest BCUT2D eigenvalue weighted by molar-refractivity contribution is 0.111. The molecule has 10 heteroatoms. The molecule has 134 valence electrons. The summed E-state index contributed by atoms with van der Waals surface area (Å²) in [5.41, 5.74) is 6.37. The lowest BCUT2D eigenvalue weighted by Crippen LogP contribution is -2.12. The second-order valence-corrected chi connectivity index (χ2v) is 7.23. The van der Waals surface area contributed by atoms with E-state index in [1.807, 2.05) is 13.8 Å². The van der Waals surface area contributed by atoms with Gasteiger partial charge in [-0.2, -0.15) is 9.97 Å². The van der Waals surface area contributed by atoms with Gasteiger partial charge in [0, 0.05) is 5.69 Å². The first kappa shape index (κ1) is 18.6. The first-order chi connectivity index (χ1) is 11.7. The number of primary sulfonamides is 1. The monoisotopic (exact) mass is 365 g/mol. The molecule has 0 atom stereocenters. The summed E-state index contributed by atoms with van der Waals surface area (Å²) in [5.74, 6) is 0.412.